The first-order chi connectivity index (χ1) is 10.0. The average Bonchev–Trinajstić information content (AvgIpc) is 2.50. The molecule has 0 saturated carbocycles. The number of rotatable bonds is 7. The molecule has 1 atom stereocenters. The number of ether oxygens (including phenoxy) is 1. The van der Waals surface area contributed by atoms with Gasteiger partial charge in [-0.25, -0.2) is 0 Å². The Balaban J connectivity index is 2.93. The maximum absolute atomic E-state index is 12.6. The Hall–Kier alpha value is -1.47. The van der Waals surface area contributed by atoms with Crippen LogP contribution in [0.15, 0.2) is 22.9 Å². The Labute approximate surface area is 132 Å². The van der Waals surface area contributed by atoms with Crippen LogP contribution in [-0.4, -0.2) is 53.2 Å². The summed E-state index contributed by atoms with van der Waals surface area (Å²) >= 11 is 3.27. The fourth-order valence-corrected chi connectivity index (χ4v) is 2.27. The van der Waals surface area contributed by atoms with Crippen molar-refractivity contribution in [2.75, 3.05) is 20.3 Å². The van der Waals surface area contributed by atoms with E-state index in [1.807, 2.05) is 6.92 Å². The summed E-state index contributed by atoms with van der Waals surface area (Å²) in [4.78, 5) is 29.3. The number of aliphatic hydroxyl groups excluding tert-OH is 1. The lowest BCUT2D eigenvalue weighted by Gasteiger charge is -2.29. The van der Waals surface area contributed by atoms with E-state index in [0.717, 1.165) is 0 Å². The van der Waals surface area contributed by atoms with E-state index in [2.05, 4.69) is 25.7 Å². The third-order valence-corrected chi connectivity index (χ3v) is 3.55. The van der Waals surface area contributed by atoms with E-state index in [-0.39, 0.29) is 31.5 Å². The SMILES string of the molecule is CCC(CO)N(CCC(=O)OC)C(=O)c1cncc(Br)c1. The highest BCUT2D eigenvalue weighted by Gasteiger charge is 2.24. The molecule has 0 spiro atoms. The van der Waals surface area contributed by atoms with Crippen LogP contribution >= 0.6 is 15.9 Å². The molecule has 1 aromatic rings. The topological polar surface area (TPSA) is 79.7 Å². The molecule has 0 fully saturated rings. The standard InChI is InChI=1S/C14H19BrN2O4/c1-3-12(9-18)17(5-4-13(19)21-2)14(20)10-6-11(15)8-16-7-10/h6-8,12,18H,3-5,9H2,1-2H3. The van der Waals surface area contributed by atoms with Crippen LogP contribution in [0.25, 0.3) is 0 Å². The number of carbonyl (C=O) groups excluding carboxylic acids is 2. The number of halogens is 1. The minimum Gasteiger partial charge on any atom is -0.469 e. The smallest absolute Gasteiger partial charge is 0.307 e. The van der Waals surface area contributed by atoms with E-state index in [4.69, 9.17) is 0 Å². The molecule has 1 amide bonds. The van der Waals surface area contributed by atoms with Gasteiger partial charge in [-0.05, 0) is 28.4 Å². The summed E-state index contributed by atoms with van der Waals surface area (Å²) in [7, 11) is 1.30. The van der Waals surface area contributed by atoms with Crippen LogP contribution in [0, 0.1) is 0 Å². The summed E-state index contributed by atoms with van der Waals surface area (Å²) in [5.41, 5.74) is 0.404. The zero-order valence-corrected chi connectivity index (χ0v) is 13.7. The molecule has 0 saturated heterocycles. The number of aliphatic hydroxyl groups is 1. The molecule has 6 nitrogen and oxygen atoms in total. The van der Waals surface area contributed by atoms with Gasteiger partial charge in [-0.15, -0.1) is 0 Å². The molecule has 1 heterocycles. The maximum Gasteiger partial charge on any atom is 0.307 e. The van der Waals surface area contributed by atoms with Gasteiger partial charge in [0.2, 0.25) is 0 Å². The van der Waals surface area contributed by atoms with Gasteiger partial charge < -0.3 is 14.7 Å². The Bertz CT molecular complexity index is 492. The quantitative estimate of drug-likeness (QED) is 0.749. The lowest BCUT2D eigenvalue weighted by molar-refractivity contribution is -0.140. The molecular formula is C14H19BrN2O4. The number of amides is 1. The Morgan fingerprint density at radius 2 is 2.19 bits per heavy atom. The first kappa shape index (κ1) is 17.6. The summed E-state index contributed by atoms with van der Waals surface area (Å²) in [5, 5.41) is 9.43. The van der Waals surface area contributed by atoms with E-state index in [0.29, 0.717) is 16.5 Å². The van der Waals surface area contributed by atoms with E-state index in [9.17, 15) is 14.7 Å². The number of methoxy groups -OCH3 is 1. The van der Waals surface area contributed by atoms with Crippen LogP contribution < -0.4 is 0 Å². The van der Waals surface area contributed by atoms with Gasteiger partial charge in [0.1, 0.15) is 0 Å². The lowest BCUT2D eigenvalue weighted by atomic mass is 10.1. The predicted molar refractivity (Wildman–Crippen MR) is 80.8 cm³/mol. The van der Waals surface area contributed by atoms with Crippen molar-refractivity contribution in [3.63, 3.8) is 0 Å². The summed E-state index contributed by atoms with van der Waals surface area (Å²) in [6.45, 7) is 1.90. The van der Waals surface area contributed by atoms with E-state index in [1.54, 1.807) is 12.3 Å². The first-order valence-corrected chi connectivity index (χ1v) is 7.42. The molecule has 0 radical (unpaired) electrons. The van der Waals surface area contributed by atoms with Crippen LogP contribution in [0.4, 0.5) is 0 Å². The minimum atomic E-state index is -0.395. The van der Waals surface area contributed by atoms with Crippen LogP contribution in [0.3, 0.4) is 0 Å². The van der Waals surface area contributed by atoms with Crippen molar-refractivity contribution in [2.24, 2.45) is 0 Å². The Kier molecular flexibility index (Phi) is 7.31. The predicted octanol–water partition coefficient (Wildman–Crippen LogP) is 1.62. The number of aromatic nitrogens is 1. The first-order valence-electron chi connectivity index (χ1n) is 6.62. The normalized spacial score (nSPS) is 11.8. The molecule has 1 N–H and O–H groups in total. The number of hydrogen-bond acceptors (Lipinski definition) is 5. The van der Waals surface area contributed by atoms with Gasteiger partial charge in [0.25, 0.3) is 5.91 Å². The van der Waals surface area contributed by atoms with Gasteiger partial charge in [-0.3, -0.25) is 14.6 Å². The molecule has 0 aliphatic carbocycles. The van der Waals surface area contributed by atoms with E-state index in [1.165, 1.54) is 18.2 Å². The number of nitrogens with zero attached hydrogens (tertiary/aromatic N) is 2. The second kappa shape index (κ2) is 8.74. The zero-order chi connectivity index (χ0) is 15.8. The zero-order valence-electron chi connectivity index (χ0n) is 12.1. The van der Waals surface area contributed by atoms with Gasteiger partial charge in [-0.2, -0.15) is 0 Å². The molecule has 0 aliphatic rings. The molecule has 0 aromatic carbocycles. The fourth-order valence-electron chi connectivity index (χ4n) is 1.91. The number of esters is 1. The molecule has 21 heavy (non-hydrogen) atoms. The number of carbonyl (C=O) groups is 2. The molecule has 116 valence electrons. The maximum atomic E-state index is 12.6. The summed E-state index contributed by atoms with van der Waals surface area (Å²) in [6.07, 6.45) is 3.71. The molecule has 0 bridgehead atoms. The van der Waals surface area contributed by atoms with E-state index >= 15 is 0 Å². The lowest BCUT2D eigenvalue weighted by Crippen LogP contribution is -2.43. The average molecular weight is 359 g/mol. The molecule has 7 heteroatoms. The fraction of sp³-hybridized carbons (Fsp3) is 0.500. The van der Waals surface area contributed by atoms with Gasteiger partial charge in [0.05, 0.1) is 31.7 Å². The summed E-state index contributed by atoms with van der Waals surface area (Å²) in [5.74, 6) is -0.665. The summed E-state index contributed by atoms with van der Waals surface area (Å²) < 4.78 is 5.29. The highest BCUT2D eigenvalue weighted by Crippen LogP contribution is 2.15. The highest BCUT2D eigenvalue weighted by molar-refractivity contribution is 9.10. The summed E-state index contributed by atoms with van der Waals surface area (Å²) in [6, 6.07) is 1.31. The van der Waals surface area contributed by atoms with Crippen molar-refractivity contribution in [3.05, 3.63) is 28.5 Å². The second-order valence-corrected chi connectivity index (χ2v) is 5.38. The Morgan fingerprint density at radius 1 is 1.48 bits per heavy atom. The third kappa shape index (κ3) is 5.09. The van der Waals surface area contributed by atoms with Crippen LogP contribution in [0.5, 0.6) is 0 Å². The monoisotopic (exact) mass is 358 g/mol. The van der Waals surface area contributed by atoms with Crippen molar-refractivity contribution >= 4 is 27.8 Å². The van der Waals surface area contributed by atoms with Gasteiger partial charge in [0, 0.05) is 23.4 Å². The minimum absolute atomic E-state index is 0.0835. The third-order valence-electron chi connectivity index (χ3n) is 3.12. The molecule has 0 aliphatic heterocycles. The van der Waals surface area contributed by atoms with Gasteiger partial charge in [0.15, 0.2) is 0 Å². The van der Waals surface area contributed by atoms with Crippen LogP contribution in [0.1, 0.15) is 30.1 Å². The van der Waals surface area contributed by atoms with Crippen LogP contribution in [0.2, 0.25) is 0 Å². The largest absolute Gasteiger partial charge is 0.469 e. The van der Waals surface area contributed by atoms with Crippen molar-refractivity contribution in [1.82, 2.24) is 9.88 Å². The molecule has 1 rings (SSSR count). The molecular weight excluding hydrogens is 340 g/mol. The van der Waals surface area contributed by atoms with Crippen molar-refractivity contribution in [2.45, 2.75) is 25.8 Å². The molecule has 1 unspecified atom stereocenters. The molecule has 1 aromatic heterocycles. The van der Waals surface area contributed by atoms with E-state index < -0.39 is 5.97 Å². The second-order valence-electron chi connectivity index (χ2n) is 4.46. The van der Waals surface area contributed by atoms with Crippen LogP contribution in [-0.2, 0) is 9.53 Å². The van der Waals surface area contributed by atoms with Crippen molar-refractivity contribution in [1.29, 1.82) is 0 Å². The number of hydrogen-bond donors (Lipinski definition) is 1. The van der Waals surface area contributed by atoms with Gasteiger partial charge >= 0.3 is 5.97 Å². The highest BCUT2D eigenvalue weighted by atomic mass is 79.9. The van der Waals surface area contributed by atoms with Gasteiger partial charge in [-0.1, -0.05) is 6.92 Å². The van der Waals surface area contributed by atoms with Crippen molar-refractivity contribution < 1.29 is 19.4 Å². The van der Waals surface area contributed by atoms with Crippen molar-refractivity contribution in [3.8, 4) is 0 Å². The Morgan fingerprint density at radius 3 is 2.71 bits per heavy atom. The number of pyridine rings is 1.